The van der Waals surface area contributed by atoms with Gasteiger partial charge in [-0.1, -0.05) is 6.07 Å². The predicted octanol–water partition coefficient (Wildman–Crippen LogP) is 2.33. The largest absolute Gasteiger partial charge is 0.478 e. The van der Waals surface area contributed by atoms with Crippen molar-refractivity contribution < 1.29 is 23.1 Å². The van der Waals surface area contributed by atoms with E-state index in [2.05, 4.69) is 5.32 Å². The molecular weight excluding hydrogens is 237 g/mol. The third-order valence-corrected chi connectivity index (χ3v) is 2.06. The number of alkyl halides is 3. The van der Waals surface area contributed by atoms with Crippen molar-refractivity contribution in [1.29, 1.82) is 0 Å². The maximum atomic E-state index is 11.9. The number of carboxylic acid groups (broad SMARTS) is 1. The van der Waals surface area contributed by atoms with Crippen molar-refractivity contribution in [2.24, 2.45) is 0 Å². The molecule has 4 nitrogen and oxygen atoms in total. The van der Waals surface area contributed by atoms with Gasteiger partial charge in [-0.3, -0.25) is 0 Å². The smallest absolute Gasteiger partial charge is 0.390 e. The van der Waals surface area contributed by atoms with Crippen molar-refractivity contribution in [3.05, 3.63) is 23.8 Å². The predicted molar refractivity (Wildman–Crippen MR) is 57.0 cm³/mol. The van der Waals surface area contributed by atoms with E-state index in [1.807, 2.05) is 0 Å². The van der Waals surface area contributed by atoms with Crippen LogP contribution in [0.3, 0.4) is 0 Å². The molecule has 1 rings (SSSR count). The molecule has 0 spiro atoms. The van der Waals surface area contributed by atoms with E-state index in [0.717, 1.165) is 0 Å². The molecule has 0 amide bonds. The molecule has 0 aromatic heterocycles. The van der Waals surface area contributed by atoms with Crippen molar-refractivity contribution >= 4 is 17.3 Å². The fourth-order valence-electron chi connectivity index (χ4n) is 1.24. The van der Waals surface area contributed by atoms with Gasteiger partial charge in [0.2, 0.25) is 0 Å². The molecule has 0 saturated heterocycles. The Morgan fingerprint density at radius 1 is 1.41 bits per heavy atom. The van der Waals surface area contributed by atoms with Gasteiger partial charge in [0.15, 0.2) is 0 Å². The number of carboxylic acids is 1. The molecule has 0 fully saturated rings. The van der Waals surface area contributed by atoms with Gasteiger partial charge in [0, 0.05) is 6.54 Å². The minimum absolute atomic E-state index is 0.0674. The van der Waals surface area contributed by atoms with Crippen LogP contribution in [0, 0.1) is 0 Å². The van der Waals surface area contributed by atoms with Gasteiger partial charge in [-0.25, -0.2) is 4.79 Å². The summed E-state index contributed by atoms with van der Waals surface area (Å²) < 4.78 is 35.7. The summed E-state index contributed by atoms with van der Waals surface area (Å²) in [5, 5.41) is 11.2. The van der Waals surface area contributed by atoms with E-state index in [9.17, 15) is 18.0 Å². The summed E-state index contributed by atoms with van der Waals surface area (Å²) in [5.74, 6) is -1.22. The van der Waals surface area contributed by atoms with Crippen molar-refractivity contribution in [3.8, 4) is 0 Å². The third kappa shape index (κ3) is 3.86. The number of hydrogen-bond acceptors (Lipinski definition) is 3. The van der Waals surface area contributed by atoms with E-state index in [1.165, 1.54) is 18.2 Å². The molecule has 7 heteroatoms. The summed E-state index contributed by atoms with van der Waals surface area (Å²) in [5.41, 5.74) is 5.49. The summed E-state index contributed by atoms with van der Waals surface area (Å²) in [6.07, 6.45) is -5.27. The van der Waals surface area contributed by atoms with E-state index in [4.69, 9.17) is 10.8 Å². The Morgan fingerprint density at radius 2 is 2.06 bits per heavy atom. The first-order valence-corrected chi connectivity index (χ1v) is 4.73. The number of aromatic carboxylic acids is 1. The normalized spacial score (nSPS) is 11.2. The Bertz CT molecular complexity index is 419. The standard InChI is InChI=1S/C10H11F3N2O2/c11-10(12,13)4-5-15-7-3-1-2-6(8(7)14)9(16)17/h1-3,15H,4-5,14H2,(H,16,17). The molecule has 0 atom stereocenters. The first-order chi connectivity index (χ1) is 7.81. The second kappa shape index (κ2) is 4.94. The summed E-state index contributed by atoms with van der Waals surface area (Å²) in [6.45, 7) is -0.350. The number of para-hydroxylation sites is 1. The van der Waals surface area contributed by atoms with Crippen molar-refractivity contribution in [1.82, 2.24) is 0 Å². The van der Waals surface area contributed by atoms with Gasteiger partial charge in [-0.05, 0) is 12.1 Å². The SMILES string of the molecule is Nc1c(NCCC(F)(F)F)cccc1C(=O)O. The van der Waals surface area contributed by atoms with Crippen molar-refractivity contribution in [3.63, 3.8) is 0 Å². The van der Waals surface area contributed by atoms with Crippen LogP contribution in [0.2, 0.25) is 0 Å². The Hall–Kier alpha value is -1.92. The molecule has 4 N–H and O–H groups in total. The van der Waals surface area contributed by atoms with Gasteiger partial charge in [-0.15, -0.1) is 0 Å². The molecule has 0 aliphatic carbocycles. The average Bonchev–Trinajstić information content (AvgIpc) is 2.18. The van der Waals surface area contributed by atoms with Crippen LogP contribution < -0.4 is 11.1 Å². The molecule has 1 aromatic rings. The van der Waals surface area contributed by atoms with Crippen LogP contribution in [0.5, 0.6) is 0 Å². The first kappa shape index (κ1) is 13.1. The van der Waals surface area contributed by atoms with Crippen LogP contribution in [-0.2, 0) is 0 Å². The number of nitrogens with two attached hydrogens (primary N) is 1. The second-order valence-electron chi connectivity index (χ2n) is 3.36. The number of hydrogen-bond donors (Lipinski definition) is 3. The molecule has 0 bridgehead atoms. The van der Waals surface area contributed by atoms with Gasteiger partial charge in [0.25, 0.3) is 0 Å². The van der Waals surface area contributed by atoms with Crippen LogP contribution in [0.4, 0.5) is 24.5 Å². The number of nitrogens with one attached hydrogen (secondary N) is 1. The van der Waals surface area contributed by atoms with E-state index in [1.54, 1.807) is 0 Å². The van der Waals surface area contributed by atoms with Gasteiger partial charge in [0.1, 0.15) is 0 Å². The minimum atomic E-state index is -4.26. The monoisotopic (exact) mass is 248 g/mol. The lowest BCUT2D eigenvalue weighted by molar-refractivity contribution is -0.131. The summed E-state index contributed by atoms with van der Waals surface area (Å²) in [7, 11) is 0. The van der Waals surface area contributed by atoms with Gasteiger partial charge >= 0.3 is 12.1 Å². The molecule has 1 aromatic carbocycles. The molecule has 0 radical (unpaired) electrons. The van der Waals surface area contributed by atoms with Crippen molar-refractivity contribution in [2.45, 2.75) is 12.6 Å². The third-order valence-electron chi connectivity index (χ3n) is 2.06. The zero-order valence-corrected chi connectivity index (χ0v) is 8.71. The van der Waals surface area contributed by atoms with Crippen LogP contribution in [0.1, 0.15) is 16.8 Å². The van der Waals surface area contributed by atoms with Crippen LogP contribution in [-0.4, -0.2) is 23.8 Å². The summed E-state index contributed by atoms with van der Waals surface area (Å²) in [6, 6.07) is 4.13. The van der Waals surface area contributed by atoms with E-state index in [-0.39, 0.29) is 23.5 Å². The van der Waals surface area contributed by atoms with Crippen LogP contribution >= 0.6 is 0 Å². The lowest BCUT2D eigenvalue weighted by Crippen LogP contribution is -2.15. The topological polar surface area (TPSA) is 75.3 Å². The number of anilines is 2. The number of carbonyl (C=O) groups is 1. The minimum Gasteiger partial charge on any atom is -0.478 e. The molecule has 0 aliphatic rings. The Kier molecular flexibility index (Phi) is 3.82. The van der Waals surface area contributed by atoms with Crippen LogP contribution in [0.25, 0.3) is 0 Å². The Labute approximate surface area is 95.2 Å². The fraction of sp³-hybridized carbons (Fsp3) is 0.300. The summed E-state index contributed by atoms with van der Waals surface area (Å²) >= 11 is 0. The highest BCUT2D eigenvalue weighted by Crippen LogP contribution is 2.24. The number of rotatable bonds is 4. The molecular formula is C10H11F3N2O2. The zero-order valence-electron chi connectivity index (χ0n) is 8.71. The maximum absolute atomic E-state index is 11.9. The average molecular weight is 248 g/mol. The van der Waals surface area contributed by atoms with E-state index in [0.29, 0.717) is 0 Å². The molecule has 17 heavy (non-hydrogen) atoms. The van der Waals surface area contributed by atoms with Gasteiger partial charge in [-0.2, -0.15) is 13.2 Å². The van der Waals surface area contributed by atoms with E-state index >= 15 is 0 Å². The van der Waals surface area contributed by atoms with Crippen molar-refractivity contribution in [2.75, 3.05) is 17.6 Å². The number of nitrogen functional groups attached to an aromatic ring is 1. The fourth-order valence-corrected chi connectivity index (χ4v) is 1.24. The molecule has 0 aliphatic heterocycles. The lowest BCUT2D eigenvalue weighted by Gasteiger charge is -2.12. The van der Waals surface area contributed by atoms with Gasteiger partial charge < -0.3 is 16.2 Å². The highest BCUT2D eigenvalue weighted by molar-refractivity contribution is 5.97. The highest BCUT2D eigenvalue weighted by atomic mass is 19.4. The Balaban J connectivity index is 2.72. The zero-order chi connectivity index (χ0) is 13.1. The molecule has 0 heterocycles. The number of halogens is 3. The molecule has 94 valence electrons. The molecule has 0 unspecified atom stereocenters. The van der Waals surface area contributed by atoms with Crippen LogP contribution in [0.15, 0.2) is 18.2 Å². The van der Waals surface area contributed by atoms with E-state index < -0.39 is 18.6 Å². The highest BCUT2D eigenvalue weighted by Gasteiger charge is 2.26. The molecule has 0 saturated carbocycles. The summed E-state index contributed by atoms with van der Waals surface area (Å²) in [4.78, 5) is 10.7. The lowest BCUT2D eigenvalue weighted by atomic mass is 10.1. The maximum Gasteiger partial charge on any atom is 0.390 e. The second-order valence-corrected chi connectivity index (χ2v) is 3.36. The Morgan fingerprint density at radius 3 is 2.59 bits per heavy atom. The number of benzene rings is 1. The first-order valence-electron chi connectivity index (χ1n) is 4.73. The quantitative estimate of drug-likeness (QED) is 0.715. The van der Waals surface area contributed by atoms with Gasteiger partial charge in [0.05, 0.1) is 23.4 Å².